The van der Waals surface area contributed by atoms with E-state index in [1.54, 1.807) is 4.90 Å². The molecule has 0 aromatic heterocycles. The van der Waals surface area contributed by atoms with Crippen LogP contribution in [0.1, 0.15) is 31.7 Å². The normalized spacial score (nSPS) is 11.6. The molecule has 1 rings (SSSR count). The quantitative estimate of drug-likeness (QED) is 0.546. The molecule has 0 aliphatic heterocycles. The molecule has 0 spiro atoms. The molecule has 132 valence electrons. The van der Waals surface area contributed by atoms with Gasteiger partial charge in [-0.2, -0.15) is 0 Å². The maximum Gasteiger partial charge on any atom is 0.305 e. The fourth-order valence-electron chi connectivity index (χ4n) is 2.20. The van der Waals surface area contributed by atoms with E-state index in [4.69, 9.17) is 10.8 Å². The maximum atomic E-state index is 12.2. The molecular formula is C17H25N3O4. The summed E-state index contributed by atoms with van der Waals surface area (Å²) in [5.41, 5.74) is 6.52. The molecule has 2 amide bonds. The zero-order valence-electron chi connectivity index (χ0n) is 13.9. The van der Waals surface area contributed by atoms with Crippen LogP contribution in [0, 0.1) is 0 Å². The van der Waals surface area contributed by atoms with Crippen molar-refractivity contribution in [1.29, 1.82) is 0 Å². The van der Waals surface area contributed by atoms with Crippen LogP contribution in [0.2, 0.25) is 0 Å². The SMILES string of the molecule is CCN(Cc1ccccc1)C(=O)CCCNC(=O)[C@@H](N)CC(=O)O. The van der Waals surface area contributed by atoms with E-state index in [2.05, 4.69) is 5.32 Å². The minimum Gasteiger partial charge on any atom is -0.481 e. The van der Waals surface area contributed by atoms with Gasteiger partial charge in [0.2, 0.25) is 11.8 Å². The number of amides is 2. The first kappa shape index (κ1) is 19.6. The lowest BCUT2D eigenvalue weighted by atomic mass is 10.2. The molecule has 7 nitrogen and oxygen atoms in total. The summed E-state index contributed by atoms with van der Waals surface area (Å²) < 4.78 is 0. The molecule has 0 saturated carbocycles. The number of nitrogens with one attached hydrogen (secondary N) is 1. The Morgan fingerprint density at radius 3 is 2.50 bits per heavy atom. The van der Waals surface area contributed by atoms with Crippen LogP contribution in [0.3, 0.4) is 0 Å². The Labute approximate surface area is 141 Å². The van der Waals surface area contributed by atoms with Crippen LogP contribution in [0.15, 0.2) is 30.3 Å². The highest BCUT2D eigenvalue weighted by Crippen LogP contribution is 2.06. The van der Waals surface area contributed by atoms with Crippen molar-refractivity contribution >= 4 is 17.8 Å². The third kappa shape index (κ3) is 7.23. The van der Waals surface area contributed by atoms with Gasteiger partial charge in [0.1, 0.15) is 0 Å². The van der Waals surface area contributed by atoms with Gasteiger partial charge in [0.05, 0.1) is 12.5 Å². The molecule has 4 N–H and O–H groups in total. The Morgan fingerprint density at radius 2 is 1.92 bits per heavy atom. The molecule has 1 aromatic carbocycles. The third-order valence-corrected chi connectivity index (χ3v) is 3.55. The monoisotopic (exact) mass is 335 g/mol. The van der Waals surface area contributed by atoms with Crippen molar-refractivity contribution in [2.75, 3.05) is 13.1 Å². The number of carbonyl (C=O) groups excluding carboxylic acids is 2. The standard InChI is InChI=1S/C17H25N3O4/c1-2-20(12-13-7-4-3-5-8-13)15(21)9-6-10-19-17(24)14(18)11-16(22)23/h3-5,7-8,14H,2,6,9-12,18H2,1H3,(H,19,24)(H,22,23)/t14-/m0/s1. The van der Waals surface area contributed by atoms with Crippen LogP contribution in [0.25, 0.3) is 0 Å². The number of rotatable bonds is 10. The van der Waals surface area contributed by atoms with Gasteiger partial charge in [0.15, 0.2) is 0 Å². The van der Waals surface area contributed by atoms with Crippen molar-refractivity contribution in [3.63, 3.8) is 0 Å². The second-order valence-electron chi connectivity index (χ2n) is 5.49. The summed E-state index contributed by atoms with van der Waals surface area (Å²) in [4.78, 5) is 36.0. The van der Waals surface area contributed by atoms with Gasteiger partial charge in [-0.1, -0.05) is 30.3 Å². The number of carboxylic acid groups (broad SMARTS) is 1. The Balaban J connectivity index is 2.31. The molecule has 0 fully saturated rings. The van der Waals surface area contributed by atoms with Gasteiger partial charge in [-0.25, -0.2) is 0 Å². The van der Waals surface area contributed by atoms with Crippen LogP contribution in [-0.4, -0.2) is 46.9 Å². The molecule has 1 aromatic rings. The first-order chi connectivity index (χ1) is 11.4. The second-order valence-corrected chi connectivity index (χ2v) is 5.49. The van der Waals surface area contributed by atoms with Crippen molar-refractivity contribution in [1.82, 2.24) is 10.2 Å². The van der Waals surface area contributed by atoms with Gasteiger partial charge in [0, 0.05) is 26.1 Å². The smallest absolute Gasteiger partial charge is 0.305 e. The van der Waals surface area contributed by atoms with E-state index in [0.717, 1.165) is 5.56 Å². The highest BCUT2D eigenvalue weighted by atomic mass is 16.4. The van der Waals surface area contributed by atoms with E-state index in [9.17, 15) is 14.4 Å². The Morgan fingerprint density at radius 1 is 1.25 bits per heavy atom. The van der Waals surface area contributed by atoms with Crippen LogP contribution in [0.4, 0.5) is 0 Å². The molecule has 7 heteroatoms. The average Bonchev–Trinajstić information content (AvgIpc) is 2.56. The van der Waals surface area contributed by atoms with Crippen molar-refractivity contribution in [2.45, 2.75) is 38.8 Å². The van der Waals surface area contributed by atoms with Crippen molar-refractivity contribution in [3.05, 3.63) is 35.9 Å². The Bertz CT molecular complexity index is 548. The van der Waals surface area contributed by atoms with Crippen molar-refractivity contribution in [2.24, 2.45) is 5.73 Å². The van der Waals surface area contributed by atoms with Crippen LogP contribution >= 0.6 is 0 Å². The number of nitrogens with two attached hydrogens (primary N) is 1. The van der Waals surface area contributed by atoms with Gasteiger partial charge in [0.25, 0.3) is 0 Å². The largest absolute Gasteiger partial charge is 0.481 e. The van der Waals surface area contributed by atoms with Crippen LogP contribution in [0.5, 0.6) is 0 Å². The van der Waals surface area contributed by atoms with E-state index < -0.39 is 24.3 Å². The molecule has 0 bridgehead atoms. The molecular weight excluding hydrogens is 310 g/mol. The van der Waals surface area contributed by atoms with Crippen LogP contribution < -0.4 is 11.1 Å². The number of carboxylic acids is 1. The highest BCUT2D eigenvalue weighted by molar-refractivity contribution is 5.85. The minimum atomic E-state index is -1.12. The molecule has 0 aliphatic rings. The third-order valence-electron chi connectivity index (χ3n) is 3.55. The summed E-state index contributed by atoms with van der Waals surface area (Å²) in [7, 11) is 0. The topological polar surface area (TPSA) is 113 Å². The summed E-state index contributed by atoms with van der Waals surface area (Å²) in [5.74, 6) is -1.61. The zero-order chi connectivity index (χ0) is 17.9. The maximum absolute atomic E-state index is 12.2. The van der Waals surface area contributed by atoms with Gasteiger partial charge in [-0.3, -0.25) is 14.4 Å². The van der Waals surface area contributed by atoms with Crippen LogP contribution in [-0.2, 0) is 20.9 Å². The molecule has 24 heavy (non-hydrogen) atoms. The first-order valence-corrected chi connectivity index (χ1v) is 8.00. The summed E-state index contributed by atoms with van der Waals surface area (Å²) in [5, 5.41) is 11.1. The van der Waals surface area contributed by atoms with E-state index in [1.807, 2.05) is 37.3 Å². The number of hydrogen-bond acceptors (Lipinski definition) is 4. The molecule has 0 radical (unpaired) electrons. The minimum absolute atomic E-state index is 0.0189. The molecule has 0 heterocycles. The van der Waals surface area contributed by atoms with E-state index >= 15 is 0 Å². The summed E-state index contributed by atoms with van der Waals surface area (Å²) in [6.07, 6.45) is 0.385. The van der Waals surface area contributed by atoms with E-state index in [1.165, 1.54) is 0 Å². The lowest BCUT2D eigenvalue weighted by Gasteiger charge is -2.21. The summed E-state index contributed by atoms with van der Waals surface area (Å²) in [6, 6.07) is 8.68. The van der Waals surface area contributed by atoms with E-state index in [0.29, 0.717) is 32.5 Å². The average molecular weight is 335 g/mol. The predicted octanol–water partition coefficient (Wildman–Crippen LogP) is 0.734. The van der Waals surface area contributed by atoms with Gasteiger partial charge < -0.3 is 21.1 Å². The molecule has 0 saturated heterocycles. The lowest BCUT2D eigenvalue weighted by Crippen LogP contribution is -2.42. The number of carbonyl (C=O) groups is 3. The second kappa shape index (κ2) is 10.4. The fraction of sp³-hybridized carbons (Fsp3) is 0.471. The van der Waals surface area contributed by atoms with Crippen molar-refractivity contribution < 1.29 is 19.5 Å². The predicted molar refractivity (Wildman–Crippen MR) is 90.0 cm³/mol. The summed E-state index contributed by atoms with van der Waals surface area (Å²) >= 11 is 0. The number of hydrogen-bond donors (Lipinski definition) is 3. The van der Waals surface area contributed by atoms with E-state index in [-0.39, 0.29) is 5.91 Å². The number of nitrogens with zero attached hydrogens (tertiary/aromatic N) is 1. The van der Waals surface area contributed by atoms with Gasteiger partial charge in [-0.05, 0) is 18.9 Å². The lowest BCUT2D eigenvalue weighted by molar-refractivity contribution is -0.139. The highest BCUT2D eigenvalue weighted by Gasteiger charge is 2.17. The zero-order valence-corrected chi connectivity index (χ0v) is 13.9. The number of aliphatic carboxylic acids is 1. The summed E-state index contributed by atoms with van der Waals surface area (Å²) in [6.45, 7) is 3.39. The Hall–Kier alpha value is -2.41. The van der Waals surface area contributed by atoms with Gasteiger partial charge in [-0.15, -0.1) is 0 Å². The van der Waals surface area contributed by atoms with Gasteiger partial charge >= 0.3 is 5.97 Å². The molecule has 1 atom stereocenters. The van der Waals surface area contributed by atoms with Crippen molar-refractivity contribution in [3.8, 4) is 0 Å². The number of benzene rings is 1. The fourth-order valence-corrected chi connectivity index (χ4v) is 2.20. The molecule has 0 aliphatic carbocycles. The molecule has 0 unspecified atom stereocenters. The first-order valence-electron chi connectivity index (χ1n) is 8.00. The Kier molecular flexibility index (Phi) is 8.49.